The summed E-state index contributed by atoms with van der Waals surface area (Å²) in [7, 11) is 0. The summed E-state index contributed by atoms with van der Waals surface area (Å²) < 4.78 is 0. The van der Waals surface area contributed by atoms with Crippen molar-refractivity contribution in [2.24, 2.45) is 23.7 Å². The second-order valence-electron chi connectivity index (χ2n) is 4.87. The highest BCUT2D eigenvalue weighted by molar-refractivity contribution is 4.83. The first-order chi connectivity index (χ1) is 5.97. The maximum absolute atomic E-state index is 8.75. The van der Waals surface area contributed by atoms with E-state index in [9.17, 15) is 0 Å². The largest absolute Gasteiger partial charge is 0.198 e. The Hall–Kier alpha value is -0.510. The third kappa shape index (κ3) is 5.69. The van der Waals surface area contributed by atoms with E-state index in [1.54, 1.807) is 0 Å². The van der Waals surface area contributed by atoms with E-state index in [2.05, 4.69) is 33.8 Å². The summed E-state index contributed by atoms with van der Waals surface area (Å²) in [5.41, 5.74) is 0. The molecule has 0 aliphatic heterocycles. The molecule has 0 amide bonds. The van der Waals surface area contributed by atoms with Crippen LogP contribution in [0.15, 0.2) is 0 Å². The molecule has 0 fully saturated rings. The van der Waals surface area contributed by atoms with E-state index < -0.39 is 0 Å². The minimum atomic E-state index is 0.203. The van der Waals surface area contributed by atoms with Gasteiger partial charge in [-0.1, -0.05) is 27.7 Å². The van der Waals surface area contributed by atoms with Gasteiger partial charge in [0.1, 0.15) is 0 Å². The molecule has 0 N–H and O–H groups in total. The smallest absolute Gasteiger partial charge is 0.0655 e. The lowest BCUT2D eigenvalue weighted by Gasteiger charge is -2.20. The zero-order chi connectivity index (χ0) is 10.4. The maximum atomic E-state index is 8.75. The summed E-state index contributed by atoms with van der Waals surface area (Å²) >= 11 is 0. The first-order valence-electron chi connectivity index (χ1n) is 5.37. The molecular weight excluding hydrogens is 158 g/mol. The van der Waals surface area contributed by atoms with Crippen molar-refractivity contribution in [3.8, 4) is 6.07 Å². The Labute approximate surface area is 83.1 Å². The molecule has 3 atom stereocenters. The van der Waals surface area contributed by atoms with Gasteiger partial charge >= 0.3 is 0 Å². The van der Waals surface area contributed by atoms with E-state index in [0.717, 1.165) is 11.8 Å². The summed E-state index contributed by atoms with van der Waals surface area (Å²) in [6.45, 7) is 11.0. The van der Waals surface area contributed by atoms with Gasteiger partial charge in [0.05, 0.1) is 6.07 Å². The van der Waals surface area contributed by atoms with Gasteiger partial charge in [-0.05, 0) is 37.5 Å². The average Bonchev–Trinajstić information content (AvgIpc) is 2.01. The molecule has 1 heteroatoms. The fraction of sp³-hybridized carbons (Fsp3) is 0.917. The lowest BCUT2D eigenvalue weighted by molar-refractivity contribution is 0.321. The summed E-state index contributed by atoms with van der Waals surface area (Å²) in [4.78, 5) is 0. The molecule has 0 bridgehead atoms. The van der Waals surface area contributed by atoms with Crippen LogP contribution in [-0.2, 0) is 0 Å². The van der Waals surface area contributed by atoms with E-state index in [1.807, 2.05) is 6.92 Å². The van der Waals surface area contributed by atoms with E-state index in [4.69, 9.17) is 5.26 Å². The minimum absolute atomic E-state index is 0.203. The standard InChI is InChI=1S/C12H23N/c1-9(2)6-10(3)7-11(4)12(5)8-13/h9-12H,6-7H2,1-5H3. The molecule has 0 aromatic carbocycles. The molecular formula is C12H23N. The third-order valence-corrected chi connectivity index (χ3v) is 2.71. The molecule has 0 aromatic heterocycles. The van der Waals surface area contributed by atoms with Crippen molar-refractivity contribution in [2.45, 2.75) is 47.5 Å². The SMILES string of the molecule is CC(C)CC(C)CC(C)C(C)C#N. The Bertz CT molecular complexity index is 166. The predicted octanol–water partition coefficient (Wildman–Crippen LogP) is 3.85. The molecule has 13 heavy (non-hydrogen) atoms. The molecule has 0 aliphatic rings. The molecule has 0 saturated heterocycles. The van der Waals surface area contributed by atoms with Crippen LogP contribution in [0.2, 0.25) is 0 Å². The molecule has 1 nitrogen and oxygen atoms in total. The molecule has 0 aromatic rings. The topological polar surface area (TPSA) is 23.8 Å². The van der Waals surface area contributed by atoms with Crippen molar-refractivity contribution in [3.05, 3.63) is 0 Å². The third-order valence-electron chi connectivity index (χ3n) is 2.71. The summed E-state index contributed by atoms with van der Waals surface area (Å²) in [6.07, 6.45) is 2.47. The minimum Gasteiger partial charge on any atom is -0.198 e. The molecule has 0 rings (SSSR count). The Morgan fingerprint density at radius 3 is 1.92 bits per heavy atom. The van der Waals surface area contributed by atoms with Gasteiger partial charge in [-0.15, -0.1) is 0 Å². The number of nitriles is 1. The molecule has 0 aliphatic carbocycles. The van der Waals surface area contributed by atoms with E-state index in [0.29, 0.717) is 5.92 Å². The quantitative estimate of drug-likeness (QED) is 0.632. The van der Waals surface area contributed by atoms with Crippen molar-refractivity contribution in [3.63, 3.8) is 0 Å². The summed E-state index contributed by atoms with van der Waals surface area (Å²) in [5.74, 6) is 2.28. The summed E-state index contributed by atoms with van der Waals surface area (Å²) in [5, 5.41) is 8.75. The van der Waals surface area contributed by atoms with Gasteiger partial charge in [-0.3, -0.25) is 0 Å². The Morgan fingerprint density at radius 2 is 1.54 bits per heavy atom. The Morgan fingerprint density at radius 1 is 1.00 bits per heavy atom. The van der Waals surface area contributed by atoms with Crippen LogP contribution in [-0.4, -0.2) is 0 Å². The highest BCUT2D eigenvalue weighted by atomic mass is 14.3. The van der Waals surface area contributed by atoms with Crippen LogP contribution in [0.5, 0.6) is 0 Å². The zero-order valence-corrected chi connectivity index (χ0v) is 9.67. The van der Waals surface area contributed by atoms with Crippen LogP contribution in [0.1, 0.15) is 47.5 Å². The molecule has 0 saturated carbocycles. The van der Waals surface area contributed by atoms with Gasteiger partial charge in [0.2, 0.25) is 0 Å². The van der Waals surface area contributed by atoms with E-state index in [1.165, 1.54) is 12.8 Å². The molecule has 76 valence electrons. The lowest BCUT2D eigenvalue weighted by Crippen LogP contribution is -2.11. The van der Waals surface area contributed by atoms with Gasteiger partial charge in [-0.2, -0.15) is 5.26 Å². The molecule has 0 heterocycles. The van der Waals surface area contributed by atoms with Crippen molar-refractivity contribution in [1.82, 2.24) is 0 Å². The van der Waals surface area contributed by atoms with Crippen LogP contribution in [0.3, 0.4) is 0 Å². The van der Waals surface area contributed by atoms with Gasteiger partial charge in [0.15, 0.2) is 0 Å². The lowest BCUT2D eigenvalue weighted by atomic mass is 9.85. The van der Waals surface area contributed by atoms with Crippen molar-refractivity contribution >= 4 is 0 Å². The number of nitrogens with zero attached hydrogens (tertiary/aromatic N) is 1. The first-order valence-corrected chi connectivity index (χ1v) is 5.37. The van der Waals surface area contributed by atoms with Gasteiger partial charge in [0.25, 0.3) is 0 Å². The number of hydrogen-bond donors (Lipinski definition) is 0. The van der Waals surface area contributed by atoms with Crippen LogP contribution >= 0.6 is 0 Å². The van der Waals surface area contributed by atoms with Crippen LogP contribution in [0.4, 0.5) is 0 Å². The second-order valence-corrected chi connectivity index (χ2v) is 4.87. The number of rotatable bonds is 5. The Kier molecular flexibility index (Phi) is 5.79. The van der Waals surface area contributed by atoms with Gasteiger partial charge in [-0.25, -0.2) is 0 Å². The Balaban J connectivity index is 3.79. The fourth-order valence-corrected chi connectivity index (χ4v) is 1.87. The van der Waals surface area contributed by atoms with Crippen LogP contribution in [0, 0.1) is 35.0 Å². The monoisotopic (exact) mass is 181 g/mol. The molecule has 0 spiro atoms. The predicted molar refractivity (Wildman–Crippen MR) is 57.2 cm³/mol. The first kappa shape index (κ1) is 12.5. The highest BCUT2D eigenvalue weighted by Crippen LogP contribution is 2.23. The number of hydrogen-bond acceptors (Lipinski definition) is 1. The summed E-state index contributed by atoms with van der Waals surface area (Å²) in [6, 6.07) is 2.32. The zero-order valence-electron chi connectivity index (χ0n) is 9.67. The van der Waals surface area contributed by atoms with Crippen LogP contribution < -0.4 is 0 Å². The van der Waals surface area contributed by atoms with Crippen LogP contribution in [0.25, 0.3) is 0 Å². The van der Waals surface area contributed by atoms with Crippen molar-refractivity contribution in [2.75, 3.05) is 0 Å². The van der Waals surface area contributed by atoms with Crippen molar-refractivity contribution < 1.29 is 0 Å². The van der Waals surface area contributed by atoms with E-state index >= 15 is 0 Å². The van der Waals surface area contributed by atoms with Gasteiger partial charge < -0.3 is 0 Å². The average molecular weight is 181 g/mol. The second kappa shape index (κ2) is 6.02. The highest BCUT2D eigenvalue weighted by Gasteiger charge is 2.15. The normalized spacial score (nSPS) is 17.9. The molecule has 0 radical (unpaired) electrons. The maximum Gasteiger partial charge on any atom is 0.0655 e. The van der Waals surface area contributed by atoms with Crippen molar-refractivity contribution in [1.29, 1.82) is 5.26 Å². The van der Waals surface area contributed by atoms with E-state index in [-0.39, 0.29) is 5.92 Å². The fourth-order valence-electron chi connectivity index (χ4n) is 1.87. The molecule has 3 unspecified atom stereocenters. The van der Waals surface area contributed by atoms with Gasteiger partial charge in [0, 0.05) is 5.92 Å².